The Kier molecular flexibility index (Phi) is 4.65. The number of ether oxygens (including phenoxy) is 1. The van der Waals surface area contributed by atoms with E-state index in [-0.39, 0.29) is 18.0 Å². The lowest BCUT2D eigenvalue weighted by Crippen LogP contribution is -2.40. The topological polar surface area (TPSA) is 45.1 Å². The van der Waals surface area contributed by atoms with Crippen LogP contribution in [0, 0.1) is 0 Å². The molecule has 6 heteroatoms. The van der Waals surface area contributed by atoms with E-state index in [1.165, 1.54) is 0 Å². The number of aromatic hydroxyl groups is 1. The molecular formula is C19H19BrN2O2S. The Morgan fingerprint density at radius 1 is 1.32 bits per heavy atom. The van der Waals surface area contributed by atoms with Gasteiger partial charge >= 0.3 is 0 Å². The van der Waals surface area contributed by atoms with Crippen molar-refractivity contribution in [2.24, 2.45) is 5.10 Å². The molecule has 0 radical (unpaired) electrons. The minimum atomic E-state index is -0.0746. The van der Waals surface area contributed by atoms with Gasteiger partial charge in [-0.05, 0) is 42.3 Å². The van der Waals surface area contributed by atoms with Gasteiger partial charge in [-0.2, -0.15) is 16.9 Å². The lowest BCUT2D eigenvalue weighted by molar-refractivity contribution is -0.0180. The average molecular weight is 419 g/mol. The van der Waals surface area contributed by atoms with Crippen LogP contribution in [0.3, 0.4) is 0 Å². The van der Waals surface area contributed by atoms with E-state index in [2.05, 4.69) is 33.3 Å². The first-order valence-electron chi connectivity index (χ1n) is 8.26. The molecule has 4 rings (SSSR count). The first-order chi connectivity index (χ1) is 12.2. The van der Waals surface area contributed by atoms with Crippen LogP contribution in [0.5, 0.6) is 11.5 Å². The number of phenolic OH excluding ortho intramolecular Hbond substituents is 1. The molecule has 2 aliphatic rings. The number of rotatable bonds is 4. The summed E-state index contributed by atoms with van der Waals surface area (Å²) in [5.74, 6) is 2.22. The van der Waals surface area contributed by atoms with Gasteiger partial charge < -0.3 is 9.84 Å². The highest BCUT2D eigenvalue weighted by Crippen LogP contribution is 2.45. The van der Waals surface area contributed by atoms with Crippen LogP contribution in [-0.2, 0) is 0 Å². The van der Waals surface area contributed by atoms with E-state index in [9.17, 15) is 5.11 Å². The van der Waals surface area contributed by atoms with E-state index < -0.39 is 0 Å². The minimum absolute atomic E-state index is 0.0746. The Balaban J connectivity index is 1.73. The standard InChI is InChI=1S/C19H19BrN2O2S/c1-25-9-8-19-22-16(14-10-12(20)6-7-18(14)24-19)11-15(21-22)13-4-2-3-5-17(13)23/h2-7,10,16,19,23H,8-9,11H2,1H3. The normalized spacial score (nSPS) is 21.4. The minimum Gasteiger partial charge on any atom is -0.507 e. The highest BCUT2D eigenvalue weighted by Gasteiger charge is 2.40. The van der Waals surface area contributed by atoms with Gasteiger partial charge in [-0.15, -0.1) is 0 Å². The number of benzene rings is 2. The number of hydrogen-bond acceptors (Lipinski definition) is 5. The van der Waals surface area contributed by atoms with Crippen LogP contribution in [0.1, 0.15) is 30.0 Å². The molecule has 25 heavy (non-hydrogen) atoms. The van der Waals surface area contributed by atoms with Crippen molar-refractivity contribution in [1.82, 2.24) is 5.01 Å². The van der Waals surface area contributed by atoms with E-state index in [1.807, 2.05) is 42.1 Å². The van der Waals surface area contributed by atoms with Crippen LogP contribution in [0.15, 0.2) is 52.0 Å². The number of nitrogens with zero attached hydrogens (tertiary/aromatic N) is 2. The van der Waals surface area contributed by atoms with Crippen molar-refractivity contribution in [3.63, 3.8) is 0 Å². The Labute approximate surface area is 160 Å². The van der Waals surface area contributed by atoms with Crippen molar-refractivity contribution in [2.45, 2.75) is 25.1 Å². The zero-order chi connectivity index (χ0) is 17.4. The second kappa shape index (κ2) is 6.92. The molecule has 2 aliphatic heterocycles. The second-order valence-electron chi connectivity index (χ2n) is 6.20. The molecule has 2 aromatic rings. The van der Waals surface area contributed by atoms with Crippen LogP contribution in [0.4, 0.5) is 0 Å². The second-order valence-corrected chi connectivity index (χ2v) is 8.10. The van der Waals surface area contributed by atoms with Gasteiger partial charge in [-0.3, -0.25) is 5.01 Å². The highest BCUT2D eigenvalue weighted by molar-refractivity contribution is 9.10. The third-order valence-corrected chi connectivity index (χ3v) is 5.75. The maximum atomic E-state index is 10.2. The molecule has 2 atom stereocenters. The summed E-state index contributed by atoms with van der Waals surface area (Å²) >= 11 is 5.37. The van der Waals surface area contributed by atoms with Crippen molar-refractivity contribution < 1.29 is 9.84 Å². The number of para-hydroxylation sites is 1. The summed E-state index contributed by atoms with van der Waals surface area (Å²) in [6.07, 6.45) is 3.70. The van der Waals surface area contributed by atoms with Crippen LogP contribution < -0.4 is 4.74 Å². The van der Waals surface area contributed by atoms with Crippen LogP contribution in [0.2, 0.25) is 0 Å². The number of thioether (sulfide) groups is 1. The van der Waals surface area contributed by atoms with Crippen molar-refractivity contribution in [2.75, 3.05) is 12.0 Å². The van der Waals surface area contributed by atoms with Crippen molar-refractivity contribution >= 4 is 33.4 Å². The Hall–Kier alpha value is -1.66. The van der Waals surface area contributed by atoms with Gasteiger partial charge in [0.2, 0.25) is 0 Å². The number of phenols is 1. The van der Waals surface area contributed by atoms with E-state index in [0.29, 0.717) is 0 Å². The molecule has 2 aromatic carbocycles. The third kappa shape index (κ3) is 3.13. The fourth-order valence-electron chi connectivity index (χ4n) is 3.42. The predicted molar refractivity (Wildman–Crippen MR) is 105 cm³/mol. The van der Waals surface area contributed by atoms with Crippen molar-refractivity contribution in [3.8, 4) is 11.5 Å². The van der Waals surface area contributed by atoms with E-state index >= 15 is 0 Å². The van der Waals surface area contributed by atoms with Crippen LogP contribution in [-0.4, -0.2) is 34.1 Å². The number of hydrogen-bond donors (Lipinski definition) is 1. The van der Waals surface area contributed by atoms with Gasteiger partial charge in [-0.25, -0.2) is 0 Å². The summed E-state index contributed by atoms with van der Waals surface area (Å²) in [5, 5.41) is 17.1. The third-order valence-electron chi connectivity index (χ3n) is 4.61. The first-order valence-corrected chi connectivity index (χ1v) is 10.5. The number of hydrazone groups is 1. The zero-order valence-electron chi connectivity index (χ0n) is 13.9. The molecule has 0 aromatic heterocycles. The molecule has 2 heterocycles. The van der Waals surface area contributed by atoms with Gasteiger partial charge in [0.1, 0.15) is 11.5 Å². The lowest BCUT2D eigenvalue weighted by Gasteiger charge is -2.38. The molecular weight excluding hydrogens is 400 g/mol. The number of fused-ring (bicyclic) bond motifs is 3. The highest BCUT2D eigenvalue weighted by atomic mass is 79.9. The molecule has 0 amide bonds. The fraction of sp³-hybridized carbons (Fsp3) is 0.316. The van der Waals surface area contributed by atoms with Gasteiger partial charge in [0.25, 0.3) is 0 Å². The van der Waals surface area contributed by atoms with Crippen LogP contribution >= 0.6 is 27.7 Å². The van der Waals surface area contributed by atoms with Crippen LogP contribution in [0.25, 0.3) is 0 Å². The molecule has 4 nitrogen and oxygen atoms in total. The average Bonchev–Trinajstić information content (AvgIpc) is 3.06. The Morgan fingerprint density at radius 2 is 2.16 bits per heavy atom. The molecule has 0 saturated carbocycles. The summed E-state index contributed by atoms with van der Waals surface area (Å²) in [6, 6.07) is 13.7. The molecule has 0 fully saturated rings. The molecule has 0 aliphatic carbocycles. The monoisotopic (exact) mass is 418 g/mol. The van der Waals surface area contributed by atoms with Gasteiger partial charge in [0, 0.05) is 28.4 Å². The molecule has 0 bridgehead atoms. The van der Waals surface area contributed by atoms with E-state index in [4.69, 9.17) is 9.84 Å². The summed E-state index contributed by atoms with van der Waals surface area (Å²) in [4.78, 5) is 0. The summed E-state index contributed by atoms with van der Waals surface area (Å²) < 4.78 is 7.28. The maximum absolute atomic E-state index is 10.2. The van der Waals surface area contributed by atoms with E-state index in [1.54, 1.807) is 6.07 Å². The smallest absolute Gasteiger partial charge is 0.188 e. The maximum Gasteiger partial charge on any atom is 0.188 e. The first kappa shape index (κ1) is 16.8. The largest absolute Gasteiger partial charge is 0.507 e. The van der Waals surface area contributed by atoms with Gasteiger partial charge in [0.15, 0.2) is 6.23 Å². The summed E-state index contributed by atoms with van der Waals surface area (Å²) in [7, 11) is 0. The SMILES string of the molecule is CSCCC1Oc2ccc(Br)cc2C2CC(c3ccccc3O)=NN12. The summed E-state index contributed by atoms with van der Waals surface area (Å²) in [6.45, 7) is 0. The van der Waals surface area contributed by atoms with Crippen molar-refractivity contribution in [3.05, 3.63) is 58.1 Å². The zero-order valence-corrected chi connectivity index (χ0v) is 16.3. The molecule has 0 spiro atoms. The molecule has 0 saturated heterocycles. The quantitative estimate of drug-likeness (QED) is 0.775. The molecule has 1 N–H and O–H groups in total. The van der Waals surface area contributed by atoms with Gasteiger partial charge in [0.05, 0.1) is 11.8 Å². The van der Waals surface area contributed by atoms with Gasteiger partial charge in [-0.1, -0.05) is 28.1 Å². The lowest BCUT2D eigenvalue weighted by atomic mass is 9.96. The predicted octanol–water partition coefficient (Wildman–Crippen LogP) is 4.78. The molecule has 130 valence electrons. The van der Waals surface area contributed by atoms with E-state index in [0.717, 1.165) is 45.7 Å². The number of halogens is 1. The fourth-order valence-corrected chi connectivity index (χ4v) is 4.24. The Bertz CT molecular complexity index is 827. The Morgan fingerprint density at radius 3 is 2.96 bits per heavy atom. The van der Waals surface area contributed by atoms with Crippen molar-refractivity contribution in [1.29, 1.82) is 0 Å². The molecule has 2 unspecified atom stereocenters. The summed E-state index contributed by atoms with van der Waals surface area (Å²) in [5.41, 5.74) is 2.86.